The second kappa shape index (κ2) is 12.6. The molecule has 3 aromatic rings. The number of nitrogens with zero attached hydrogens (tertiary/aromatic N) is 1. The number of nitrogens with one attached hydrogen (secondary N) is 1. The van der Waals surface area contributed by atoms with Gasteiger partial charge in [-0.25, -0.2) is 8.42 Å². The zero-order valence-electron chi connectivity index (χ0n) is 21.2. The van der Waals surface area contributed by atoms with Crippen LogP contribution in [0.15, 0.2) is 71.6 Å². The normalized spacial score (nSPS) is 13.9. The number of carbonyl (C=O) groups excluding carboxylic acids is 1. The molecule has 0 saturated carbocycles. The number of para-hydroxylation sites is 2. The summed E-state index contributed by atoms with van der Waals surface area (Å²) < 4.78 is 55.4. The van der Waals surface area contributed by atoms with Crippen molar-refractivity contribution in [1.82, 2.24) is 4.31 Å². The highest BCUT2D eigenvalue weighted by Gasteiger charge is 2.27. The molecule has 0 bridgehead atoms. The van der Waals surface area contributed by atoms with Gasteiger partial charge in [0.15, 0.2) is 23.9 Å². The molecule has 10 nitrogen and oxygen atoms in total. The number of sulfonamides is 1. The maximum atomic E-state index is 13.2. The van der Waals surface area contributed by atoms with Gasteiger partial charge in [0, 0.05) is 13.1 Å². The predicted octanol–water partition coefficient (Wildman–Crippen LogP) is 3.92. The Morgan fingerprint density at radius 2 is 1.61 bits per heavy atom. The summed E-state index contributed by atoms with van der Waals surface area (Å²) in [4.78, 5) is 12.9. The van der Waals surface area contributed by atoms with Crippen LogP contribution in [-0.2, 0) is 19.6 Å². The van der Waals surface area contributed by atoms with Gasteiger partial charge < -0.3 is 29.0 Å². The van der Waals surface area contributed by atoms with E-state index in [0.29, 0.717) is 42.8 Å². The van der Waals surface area contributed by atoms with E-state index in [1.165, 1.54) is 29.6 Å². The second-order valence-corrected chi connectivity index (χ2v) is 10.1. The van der Waals surface area contributed by atoms with Gasteiger partial charge in [-0.3, -0.25) is 4.79 Å². The van der Waals surface area contributed by atoms with Gasteiger partial charge in [-0.1, -0.05) is 12.1 Å². The summed E-state index contributed by atoms with van der Waals surface area (Å²) >= 11 is 0. The monoisotopic (exact) mass is 542 g/mol. The Balaban J connectivity index is 1.57. The summed E-state index contributed by atoms with van der Waals surface area (Å²) in [6.45, 7) is 3.24. The van der Waals surface area contributed by atoms with Crippen LogP contribution in [0.2, 0.25) is 0 Å². The molecule has 1 fully saturated rings. The molecule has 0 aliphatic carbocycles. The molecule has 1 saturated heterocycles. The SMILES string of the molecule is CCOc1ccc(Oc2ccc(S(=O)(=O)N3CCOCC3)cc2NC(=O)COc2ccccc2OC)cc1. The van der Waals surface area contributed by atoms with Crippen LogP contribution in [0.25, 0.3) is 0 Å². The van der Waals surface area contributed by atoms with Crippen LogP contribution in [-0.4, -0.2) is 65.3 Å². The molecular formula is C27H30N2O8S. The number of ether oxygens (including phenoxy) is 5. The summed E-state index contributed by atoms with van der Waals surface area (Å²) in [5, 5.41) is 2.72. The molecule has 202 valence electrons. The van der Waals surface area contributed by atoms with Crippen molar-refractivity contribution in [3.63, 3.8) is 0 Å². The maximum Gasteiger partial charge on any atom is 0.262 e. The summed E-state index contributed by atoms with van der Waals surface area (Å²) in [6.07, 6.45) is 0. The van der Waals surface area contributed by atoms with Crippen molar-refractivity contribution in [2.75, 3.05) is 51.9 Å². The van der Waals surface area contributed by atoms with Gasteiger partial charge in [-0.2, -0.15) is 4.31 Å². The Labute approximate surface area is 222 Å². The third-order valence-corrected chi connectivity index (χ3v) is 7.52. The van der Waals surface area contributed by atoms with E-state index in [4.69, 9.17) is 23.7 Å². The predicted molar refractivity (Wildman–Crippen MR) is 141 cm³/mol. The Bertz CT molecular complexity index is 1340. The summed E-state index contributed by atoms with van der Waals surface area (Å²) in [7, 11) is -2.30. The minimum absolute atomic E-state index is 0.0272. The molecule has 0 atom stereocenters. The number of anilines is 1. The largest absolute Gasteiger partial charge is 0.494 e. The molecule has 1 aliphatic heterocycles. The van der Waals surface area contributed by atoms with Gasteiger partial charge in [0.05, 0.1) is 37.5 Å². The van der Waals surface area contributed by atoms with Crippen molar-refractivity contribution in [3.8, 4) is 28.7 Å². The van der Waals surface area contributed by atoms with Gasteiger partial charge >= 0.3 is 0 Å². The maximum absolute atomic E-state index is 13.2. The third-order valence-electron chi connectivity index (χ3n) is 5.62. The standard InChI is InChI=1S/C27H30N2O8S/c1-3-35-20-8-10-21(11-9-20)37-24-13-12-22(38(31,32)29-14-16-34-17-15-29)18-23(24)28-27(30)19-36-26-7-5-4-6-25(26)33-2/h4-13,18H,3,14-17,19H2,1-2H3,(H,28,30). The van der Waals surface area contributed by atoms with Gasteiger partial charge in [0.2, 0.25) is 10.0 Å². The number of amides is 1. The Kier molecular flexibility index (Phi) is 9.06. The van der Waals surface area contributed by atoms with Gasteiger partial charge in [-0.05, 0) is 61.5 Å². The molecule has 0 aromatic heterocycles. The van der Waals surface area contributed by atoms with Crippen LogP contribution >= 0.6 is 0 Å². The van der Waals surface area contributed by atoms with Gasteiger partial charge in [-0.15, -0.1) is 0 Å². The zero-order chi connectivity index (χ0) is 27.0. The first-order valence-electron chi connectivity index (χ1n) is 12.1. The number of rotatable bonds is 11. The van der Waals surface area contributed by atoms with Crippen molar-refractivity contribution < 1.29 is 36.9 Å². The highest BCUT2D eigenvalue weighted by molar-refractivity contribution is 7.89. The molecule has 38 heavy (non-hydrogen) atoms. The highest BCUT2D eigenvalue weighted by Crippen LogP contribution is 2.34. The smallest absolute Gasteiger partial charge is 0.262 e. The number of hydrogen-bond acceptors (Lipinski definition) is 8. The number of hydrogen-bond donors (Lipinski definition) is 1. The fraction of sp³-hybridized carbons (Fsp3) is 0.296. The molecule has 11 heteroatoms. The van der Waals surface area contributed by atoms with Crippen LogP contribution in [0, 0.1) is 0 Å². The summed E-state index contributed by atoms with van der Waals surface area (Å²) in [5.41, 5.74) is 0.182. The molecular weight excluding hydrogens is 512 g/mol. The third kappa shape index (κ3) is 6.74. The lowest BCUT2D eigenvalue weighted by atomic mass is 10.2. The van der Waals surface area contributed by atoms with Crippen molar-refractivity contribution in [1.29, 1.82) is 0 Å². The first-order chi connectivity index (χ1) is 18.4. The lowest BCUT2D eigenvalue weighted by molar-refractivity contribution is -0.118. The molecule has 1 aliphatic rings. The van der Waals surface area contributed by atoms with E-state index < -0.39 is 15.9 Å². The number of morpholine rings is 1. The van der Waals surface area contributed by atoms with Crippen molar-refractivity contribution in [3.05, 3.63) is 66.7 Å². The average Bonchev–Trinajstić information content (AvgIpc) is 2.94. The fourth-order valence-corrected chi connectivity index (χ4v) is 5.19. The van der Waals surface area contributed by atoms with Crippen molar-refractivity contribution >= 4 is 21.6 Å². The topological polar surface area (TPSA) is 113 Å². The zero-order valence-corrected chi connectivity index (χ0v) is 22.0. The lowest BCUT2D eigenvalue weighted by Crippen LogP contribution is -2.40. The number of benzene rings is 3. The molecule has 1 N–H and O–H groups in total. The molecule has 0 spiro atoms. The van der Waals surface area contributed by atoms with E-state index in [1.807, 2.05) is 6.92 Å². The molecule has 4 rings (SSSR count). The van der Waals surface area contributed by atoms with E-state index >= 15 is 0 Å². The first-order valence-corrected chi connectivity index (χ1v) is 13.5. The van der Waals surface area contributed by atoms with E-state index in [0.717, 1.165) is 0 Å². The fourth-order valence-electron chi connectivity index (χ4n) is 3.76. The highest BCUT2D eigenvalue weighted by atomic mass is 32.2. The lowest BCUT2D eigenvalue weighted by Gasteiger charge is -2.26. The van der Waals surface area contributed by atoms with E-state index in [2.05, 4.69) is 5.32 Å². The van der Waals surface area contributed by atoms with Crippen molar-refractivity contribution in [2.24, 2.45) is 0 Å². The van der Waals surface area contributed by atoms with E-state index in [1.54, 1.807) is 48.5 Å². The first kappa shape index (κ1) is 27.2. The second-order valence-electron chi connectivity index (χ2n) is 8.17. The van der Waals surface area contributed by atoms with Gasteiger partial charge in [0.1, 0.15) is 11.5 Å². The summed E-state index contributed by atoms with van der Waals surface area (Å²) in [5.74, 6) is 1.82. The van der Waals surface area contributed by atoms with Gasteiger partial charge in [0.25, 0.3) is 5.91 Å². The number of methoxy groups -OCH3 is 1. The molecule has 3 aromatic carbocycles. The van der Waals surface area contributed by atoms with Crippen LogP contribution < -0.4 is 24.3 Å². The Hall–Kier alpha value is -3.80. The number of carbonyl (C=O) groups is 1. The minimum Gasteiger partial charge on any atom is -0.494 e. The molecule has 1 amide bonds. The molecule has 0 unspecified atom stereocenters. The van der Waals surface area contributed by atoms with Crippen LogP contribution in [0.1, 0.15) is 6.92 Å². The van der Waals surface area contributed by atoms with Crippen LogP contribution in [0.4, 0.5) is 5.69 Å². The Morgan fingerprint density at radius 3 is 2.29 bits per heavy atom. The van der Waals surface area contributed by atoms with Crippen molar-refractivity contribution in [2.45, 2.75) is 11.8 Å². The van der Waals surface area contributed by atoms with E-state index in [-0.39, 0.29) is 36.0 Å². The quantitative estimate of drug-likeness (QED) is 0.388. The minimum atomic E-state index is -3.80. The van der Waals surface area contributed by atoms with Crippen LogP contribution in [0.5, 0.6) is 28.7 Å². The van der Waals surface area contributed by atoms with E-state index in [9.17, 15) is 13.2 Å². The van der Waals surface area contributed by atoms with Crippen LogP contribution in [0.3, 0.4) is 0 Å². The average molecular weight is 543 g/mol. The molecule has 0 radical (unpaired) electrons. The Morgan fingerprint density at radius 1 is 0.921 bits per heavy atom. The summed E-state index contributed by atoms with van der Waals surface area (Å²) in [6, 6.07) is 18.3. The molecule has 1 heterocycles.